The minimum atomic E-state index is 0.362. The van der Waals surface area contributed by atoms with Crippen LogP contribution in [-0.4, -0.2) is 39.3 Å². The Bertz CT molecular complexity index is 1010. The quantitative estimate of drug-likeness (QED) is 0.602. The number of fused-ring (bicyclic) bond motifs is 1. The van der Waals surface area contributed by atoms with E-state index in [9.17, 15) is 0 Å². The molecule has 6 rings (SSSR count). The third kappa shape index (κ3) is 3.35. The average Bonchev–Trinajstić information content (AvgIpc) is 3.55. The van der Waals surface area contributed by atoms with Crippen LogP contribution in [0.25, 0.3) is 0 Å². The fourth-order valence-electron chi connectivity index (χ4n) is 4.46. The Labute approximate surface area is 169 Å². The van der Waals surface area contributed by atoms with Gasteiger partial charge < -0.3 is 16.0 Å². The molecule has 0 unspecified atom stereocenters. The van der Waals surface area contributed by atoms with Gasteiger partial charge in [0.25, 0.3) is 0 Å². The fraction of sp³-hybridized carbons (Fsp3) is 0.409. The van der Waals surface area contributed by atoms with E-state index in [1.165, 1.54) is 24.1 Å². The Balaban J connectivity index is 1.28. The Morgan fingerprint density at radius 3 is 2.59 bits per heavy atom. The van der Waals surface area contributed by atoms with E-state index in [0.717, 1.165) is 42.8 Å². The first-order valence-corrected chi connectivity index (χ1v) is 10.5. The zero-order valence-corrected chi connectivity index (χ0v) is 16.3. The van der Waals surface area contributed by atoms with E-state index in [-0.39, 0.29) is 0 Å². The molecule has 3 heterocycles. The van der Waals surface area contributed by atoms with Gasteiger partial charge in [-0.3, -0.25) is 5.10 Å². The molecule has 0 spiro atoms. The number of anilines is 3. The lowest BCUT2D eigenvalue weighted by Crippen LogP contribution is -2.29. The number of hydrogen-bond acceptors (Lipinski definition) is 6. The molecular formula is C22H25N7. The summed E-state index contributed by atoms with van der Waals surface area (Å²) in [7, 11) is 0. The highest BCUT2D eigenvalue weighted by Gasteiger charge is 2.54. The summed E-state index contributed by atoms with van der Waals surface area (Å²) in [6.07, 6.45) is 3.28. The highest BCUT2D eigenvalue weighted by molar-refractivity contribution is 5.55. The van der Waals surface area contributed by atoms with E-state index in [2.05, 4.69) is 50.7 Å². The summed E-state index contributed by atoms with van der Waals surface area (Å²) < 4.78 is 0. The van der Waals surface area contributed by atoms with Crippen LogP contribution in [0.4, 0.5) is 17.6 Å². The van der Waals surface area contributed by atoms with E-state index in [1.807, 2.05) is 12.1 Å². The highest BCUT2D eigenvalue weighted by Crippen LogP contribution is 2.45. The van der Waals surface area contributed by atoms with Crippen LogP contribution in [0.2, 0.25) is 0 Å². The maximum Gasteiger partial charge on any atom is 0.227 e. The Hall–Kier alpha value is -2.93. The topological polar surface area (TPSA) is 95.8 Å². The zero-order valence-electron chi connectivity index (χ0n) is 16.3. The van der Waals surface area contributed by atoms with Gasteiger partial charge in [-0.2, -0.15) is 10.1 Å². The molecule has 2 aliphatic carbocycles. The molecule has 0 radical (unpaired) electrons. The van der Waals surface area contributed by atoms with Gasteiger partial charge in [-0.25, -0.2) is 4.98 Å². The molecule has 3 fully saturated rings. The van der Waals surface area contributed by atoms with E-state index in [4.69, 9.17) is 15.7 Å². The Kier molecular flexibility index (Phi) is 3.84. The van der Waals surface area contributed by atoms with Gasteiger partial charge >= 0.3 is 0 Å². The van der Waals surface area contributed by atoms with Crippen molar-refractivity contribution in [2.24, 2.45) is 17.6 Å². The van der Waals surface area contributed by atoms with Crippen LogP contribution in [0.15, 0.2) is 42.5 Å². The molecule has 1 aromatic carbocycles. The molecule has 29 heavy (non-hydrogen) atoms. The Morgan fingerprint density at radius 2 is 1.83 bits per heavy atom. The van der Waals surface area contributed by atoms with Gasteiger partial charge in [0.05, 0.1) is 5.69 Å². The number of piperidine rings is 1. The normalized spacial score (nSPS) is 25.1. The molecule has 1 saturated heterocycles. The molecule has 3 aromatic rings. The van der Waals surface area contributed by atoms with Crippen molar-refractivity contribution >= 4 is 17.6 Å². The van der Waals surface area contributed by atoms with Gasteiger partial charge in [0.1, 0.15) is 5.82 Å². The molecule has 3 aliphatic rings. The van der Waals surface area contributed by atoms with Crippen molar-refractivity contribution < 1.29 is 0 Å². The molecule has 2 saturated carbocycles. The van der Waals surface area contributed by atoms with Crippen molar-refractivity contribution in [1.29, 1.82) is 0 Å². The van der Waals surface area contributed by atoms with Crippen LogP contribution in [0.5, 0.6) is 0 Å². The monoisotopic (exact) mass is 387 g/mol. The first kappa shape index (κ1) is 17.0. The van der Waals surface area contributed by atoms with Crippen molar-refractivity contribution in [2.45, 2.75) is 31.2 Å². The first-order chi connectivity index (χ1) is 14.2. The minimum Gasteiger partial charge on any atom is -0.340 e. The first-order valence-electron chi connectivity index (χ1n) is 10.5. The average molecular weight is 387 g/mol. The number of benzene rings is 1. The standard InChI is InChI=1S/C22H25N7/c23-21-16-11-29(12-17(16)21)22-24-15(8-13-4-2-1-3-5-13)9-19(26-22)25-20-10-18(27-28-20)14-6-7-14/h1-5,9-10,14,16-17,21H,6-8,11-12,23H2,(H2,24,25,26,27,28)/t16-,17+,21+. The van der Waals surface area contributed by atoms with Crippen molar-refractivity contribution in [2.75, 3.05) is 23.3 Å². The summed E-state index contributed by atoms with van der Waals surface area (Å²) in [5.74, 6) is 4.24. The minimum absolute atomic E-state index is 0.362. The second-order valence-electron chi connectivity index (χ2n) is 8.62. The van der Waals surface area contributed by atoms with Crippen LogP contribution in [0, 0.1) is 11.8 Å². The summed E-state index contributed by atoms with van der Waals surface area (Å²) in [6, 6.07) is 14.9. The number of nitrogens with two attached hydrogens (primary N) is 1. The number of aromatic amines is 1. The van der Waals surface area contributed by atoms with E-state index < -0.39 is 0 Å². The SMILES string of the molecule is N[C@@H]1[C@H]2CN(c3nc(Cc4ccccc4)cc(Nc4cc(C5CC5)[nH]n4)n3)C[C@@H]12. The lowest BCUT2D eigenvalue weighted by molar-refractivity contribution is 0.723. The van der Waals surface area contributed by atoms with Crippen LogP contribution in [0.3, 0.4) is 0 Å². The maximum absolute atomic E-state index is 6.12. The largest absolute Gasteiger partial charge is 0.340 e. The second kappa shape index (κ2) is 6.56. The van der Waals surface area contributed by atoms with Crippen molar-refractivity contribution in [3.63, 3.8) is 0 Å². The summed E-state index contributed by atoms with van der Waals surface area (Å²) in [4.78, 5) is 12.0. The van der Waals surface area contributed by atoms with E-state index in [1.54, 1.807) is 0 Å². The fourth-order valence-corrected chi connectivity index (χ4v) is 4.46. The lowest BCUT2D eigenvalue weighted by atomic mass is 10.1. The molecule has 7 heteroatoms. The summed E-state index contributed by atoms with van der Waals surface area (Å²) >= 11 is 0. The van der Waals surface area contributed by atoms with Gasteiger partial charge in [0.15, 0.2) is 5.82 Å². The number of nitrogens with zero attached hydrogens (tertiary/aromatic N) is 4. The molecule has 7 nitrogen and oxygen atoms in total. The molecular weight excluding hydrogens is 362 g/mol. The second-order valence-corrected chi connectivity index (χ2v) is 8.62. The third-order valence-electron chi connectivity index (χ3n) is 6.41. The molecule has 2 aromatic heterocycles. The molecule has 4 N–H and O–H groups in total. The number of hydrogen-bond donors (Lipinski definition) is 3. The molecule has 0 bridgehead atoms. The van der Waals surface area contributed by atoms with Crippen LogP contribution < -0.4 is 16.0 Å². The van der Waals surface area contributed by atoms with Gasteiger partial charge in [0, 0.05) is 49.3 Å². The van der Waals surface area contributed by atoms with Gasteiger partial charge in [0.2, 0.25) is 5.95 Å². The predicted octanol–water partition coefficient (Wildman–Crippen LogP) is 2.80. The van der Waals surface area contributed by atoms with Gasteiger partial charge in [-0.15, -0.1) is 0 Å². The van der Waals surface area contributed by atoms with Crippen molar-refractivity contribution in [3.8, 4) is 0 Å². The zero-order chi connectivity index (χ0) is 19.4. The van der Waals surface area contributed by atoms with Crippen LogP contribution in [-0.2, 0) is 6.42 Å². The number of aromatic nitrogens is 4. The number of rotatable bonds is 6. The maximum atomic E-state index is 6.12. The highest BCUT2D eigenvalue weighted by atomic mass is 15.3. The Morgan fingerprint density at radius 1 is 1.03 bits per heavy atom. The van der Waals surface area contributed by atoms with Crippen LogP contribution in [0.1, 0.15) is 35.7 Å². The smallest absolute Gasteiger partial charge is 0.227 e. The predicted molar refractivity (Wildman–Crippen MR) is 112 cm³/mol. The molecule has 3 atom stereocenters. The molecule has 1 aliphatic heterocycles. The summed E-state index contributed by atoms with van der Waals surface area (Å²) in [5, 5.41) is 10.9. The van der Waals surface area contributed by atoms with Gasteiger partial charge in [-0.1, -0.05) is 30.3 Å². The molecule has 148 valence electrons. The lowest BCUT2D eigenvalue weighted by Gasteiger charge is -2.20. The van der Waals surface area contributed by atoms with Gasteiger partial charge in [-0.05, 0) is 30.2 Å². The van der Waals surface area contributed by atoms with E-state index in [0.29, 0.717) is 23.8 Å². The summed E-state index contributed by atoms with van der Waals surface area (Å²) in [5.41, 5.74) is 9.57. The van der Waals surface area contributed by atoms with Crippen molar-refractivity contribution in [3.05, 3.63) is 59.4 Å². The number of nitrogens with one attached hydrogen (secondary N) is 2. The number of H-pyrrole nitrogens is 1. The van der Waals surface area contributed by atoms with Crippen molar-refractivity contribution in [1.82, 2.24) is 20.2 Å². The summed E-state index contributed by atoms with van der Waals surface area (Å²) in [6.45, 7) is 1.91. The van der Waals surface area contributed by atoms with E-state index >= 15 is 0 Å². The third-order valence-corrected chi connectivity index (χ3v) is 6.41. The van der Waals surface area contributed by atoms with Crippen LogP contribution >= 0.6 is 0 Å². The molecule has 0 amide bonds.